The Morgan fingerprint density at radius 2 is 2.06 bits per heavy atom. The molecule has 2 fully saturated rings. The summed E-state index contributed by atoms with van der Waals surface area (Å²) < 4.78 is 10.8. The normalized spacial score (nSPS) is 23.1. The number of benzene rings is 1. The van der Waals surface area contributed by atoms with Crippen LogP contribution in [0.1, 0.15) is 43.0 Å². The van der Waals surface area contributed by atoms with E-state index in [1.807, 2.05) is 24.3 Å². The second-order valence-corrected chi connectivity index (χ2v) is 8.82. The number of nitrogens with zero attached hydrogens (tertiary/aromatic N) is 1. The van der Waals surface area contributed by atoms with Crippen LogP contribution >= 0.6 is 0 Å². The zero-order chi connectivity index (χ0) is 21.4. The number of fused-ring (bicyclic) bond motifs is 3. The van der Waals surface area contributed by atoms with Crippen LogP contribution in [0.25, 0.3) is 22.4 Å². The molecule has 0 radical (unpaired) electrons. The lowest BCUT2D eigenvalue weighted by molar-refractivity contribution is -0.125. The van der Waals surface area contributed by atoms with Gasteiger partial charge < -0.3 is 14.5 Å². The van der Waals surface area contributed by atoms with Crippen molar-refractivity contribution in [3.8, 4) is 11.5 Å². The molecule has 2 saturated carbocycles. The number of nitrogens with one attached hydrogen (secondary N) is 1. The van der Waals surface area contributed by atoms with E-state index in [1.165, 1.54) is 25.7 Å². The summed E-state index contributed by atoms with van der Waals surface area (Å²) in [5.74, 6) is 1.86. The SMILES string of the molecule is C[C@@H](NC(=O)COC(=O)c1cc(-c2ccco2)nc2ccccc12)[C@H]1C[C@@H]2CC[C@@H]1C2. The van der Waals surface area contributed by atoms with Crippen LogP contribution < -0.4 is 5.32 Å². The van der Waals surface area contributed by atoms with Gasteiger partial charge in [-0.1, -0.05) is 24.6 Å². The maximum Gasteiger partial charge on any atom is 0.339 e. The first-order chi connectivity index (χ1) is 15.1. The van der Waals surface area contributed by atoms with Crippen molar-refractivity contribution in [2.45, 2.75) is 38.6 Å². The van der Waals surface area contributed by atoms with E-state index in [9.17, 15) is 9.59 Å². The fourth-order valence-electron chi connectivity index (χ4n) is 5.41. The maximum absolute atomic E-state index is 12.9. The standard InChI is InChI=1S/C25H26N2O4/c1-15(19-12-16-8-9-17(19)11-16)26-24(28)14-31-25(29)20-13-22(23-7-4-10-30-23)27-21-6-3-2-5-18(20)21/h2-7,10,13,15-17,19H,8-9,11-12,14H2,1H3,(H,26,28)/t15-,16-,17-,19-/m1/s1. The molecule has 31 heavy (non-hydrogen) atoms. The lowest BCUT2D eigenvalue weighted by atomic mass is 9.84. The summed E-state index contributed by atoms with van der Waals surface area (Å²) in [7, 11) is 0. The van der Waals surface area contributed by atoms with Gasteiger partial charge in [-0.25, -0.2) is 9.78 Å². The van der Waals surface area contributed by atoms with Gasteiger partial charge in [0.15, 0.2) is 12.4 Å². The Morgan fingerprint density at radius 1 is 1.19 bits per heavy atom. The zero-order valence-electron chi connectivity index (χ0n) is 17.5. The highest BCUT2D eigenvalue weighted by molar-refractivity contribution is 6.05. The number of ether oxygens (including phenoxy) is 1. The Balaban J connectivity index is 1.27. The van der Waals surface area contributed by atoms with Crippen LogP contribution in [0.4, 0.5) is 0 Å². The second-order valence-electron chi connectivity index (χ2n) is 8.82. The predicted octanol–water partition coefficient (Wildman–Crippen LogP) is 4.59. The van der Waals surface area contributed by atoms with E-state index in [1.54, 1.807) is 24.5 Å². The smallest absolute Gasteiger partial charge is 0.339 e. The van der Waals surface area contributed by atoms with Crippen LogP contribution in [0.5, 0.6) is 0 Å². The van der Waals surface area contributed by atoms with Crippen molar-refractivity contribution in [1.29, 1.82) is 0 Å². The average Bonchev–Trinajstić information content (AvgIpc) is 3.55. The number of carbonyl (C=O) groups excluding carboxylic acids is 2. The third kappa shape index (κ3) is 3.94. The van der Waals surface area contributed by atoms with Crippen LogP contribution in [0, 0.1) is 17.8 Å². The summed E-state index contributed by atoms with van der Waals surface area (Å²) in [6, 6.07) is 12.7. The summed E-state index contributed by atoms with van der Waals surface area (Å²) in [6.07, 6.45) is 6.67. The molecule has 5 rings (SSSR count). The van der Waals surface area contributed by atoms with Gasteiger partial charge in [-0.05, 0) is 68.2 Å². The van der Waals surface area contributed by atoms with Crippen LogP contribution in [0.15, 0.2) is 53.1 Å². The van der Waals surface area contributed by atoms with Crippen molar-refractivity contribution in [2.75, 3.05) is 6.61 Å². The molecule has 1 amide bonds. The van der Waals surface area contributed by atoms with Crippen LogP contribution in [0.2, 0.25) is 0 Å². The molecule has 0 aliphatic heterocycles. The molecule has 1 N–H and O–H groups in total. The minimum Gasteiger partial charge on any atom is -0.463 e. The Hall–Kier alpha value is -3.15. The lowest BCUT2D eigenvalue weighted by Gasteiger charge is -2.28. The van der Waals surface area contributed by atoms with Gasteiger partial charge in [0, 0.05) is 11.4 Å². The molecule has 6 nitrogen and oxygen atoms in total. The summed E-state index contributed by atoms with van der Waals surface area (Å²) >= 11 is 0. The van der Waals surface area contributed by atoms with E-state index in [0.29, 0.717) is 33.8 Å². The zero-order valence-corrected chi connectivity index (χ0v) is 17.5. The number of hydrogen-bond donors (Lipinski definition) is 1. The van der Waals surface area contributed by atoms with Gasteiger partial charge in [-0.2, -0.15) is 0 Å². The molecule has 2 aliphatic carbocycles. The molecule has 0 saturated heterocycles. The van der Waals surface area contributed by atoms with Crippen LogP contribution in [-0.2, 0) is 9.53 Å². The predicted molar refractivity (Wildman–Crippen MR) is 116 cm³/mol. The molecule has 160 valence electrons. The number of para-hydroxylation sites is 1. The minimum atomic E-state index is -0.547. The number of esters is 1. The summed E-state index contributed by atoms with van der Waals surface area (Å²) in [4.78, 5) is 29.9. The fraction of sp³-hybridized carbons (Fsp3) is 0.400. The van der Waals surface area contributed by atoms with Crippen molar-refractivity contribution in [3.63, 3.8) is 0 Å². The van der Waals surface area contributed by atoms with Gasteiger partial charge >= 0.3 is 5.97 Å². The molecule has 0 unspecified atom stereocenters. The molecule has 1 aromatic carbocycles. The van der Waals surface area contributed by atoms with E-state index in [0.717, 1.165) is 11.8 Å². The molecule has 4 atom stereocenters. The van der Waals surface area contributed by atoms with E-state index in [4.69, 9.17) is 9.15 Å². The van der Waals surface area contributed by atoms with Crippen molar-refractivity contribution in [2.24, 2.45) is 17.8 Å². The average molecular weight is 418 g/mol. The topological polar surface area (TPSA) is 81.4 Å². The van der Waals surface area contributed by atoms with Gasteiger partial charge in [0.25, 0.3) is 5.91 Å². The van der Waals surface area contributed by atoms with Crippen LogP contribution in [0.3, 0.4) is 0 Å². The number of hydrogen-bond acceptors (Lipinski definition) is 5. The maximum atomic E-state index is 12.9. The molecular formula is C25H26N2O4. The Labute approximate surface area is 181 Å². The molecule has 6 heteroatoms. The van der Waals surface area contributed by atoms with E-state index in [2.05, 4.69) is 17.2 Å². The number of amides is 1. The number of rotatable bonds is 6. The highest BCUT2D eigenvalue weighted by atomic mass is 16.5. The summed E-state index contributed by atoms with van der Waals surface area (Å²) in [5, 5.41) is 3.72. The Morgan fingerprint density at radius 3 is 2.81 bits per heavy atom. The van der Waals surface area contributed by atoms with E-state index in [-0.39, 0.29) is 18.6 Å². The van der Waals surface area contributed by atoms with Gasteiger partial charge in [0.05, 0.1) is 17.3 Å². The van der Waals surface area contributed by atoms with Crippen molar-refractivity contribution in [1.82, 2.24) is 10.3 Å². The van der Waals surface area contributed by atoms with Crippen molar-refractivity contribution in [3.05, 3.63) is 54.3 Å². The number of pyridine rings is 1. The molecule has 2 bridgehead atoms. The number of aromatic nitrogens is 1. The highest BCUT2D eigenvalue weighted by Gasteiger charge is 2.42. The molecule has 2 aromatic heterocycles. The second kappa shape index (κ2) is 8.17. The van der Waals surface area contributed by atoms with Crippen LogP contribution in [-0.4, -0.2) is 29.5 Å². The lowest BCUT2D eigenvalue weighted by Crippen LogP contribution is -2.42. The van der Waals surface area contributed by atoms with E-state index < -0.39 is 5.97 Å². The molecular weight excluding hydrogens is 392 g/mol. The largest absolute Gasteiger partial charge is 0.463 e. The number of carbonyl (C=O) groups is 2. The Kier molecular flexibility index (Phi) is 5.22. The first-order valence-electron chi connectivity index (χ1n) is 11.0. The third-order valence-corrected chi connectivity index (χ3v) is 6.87. The fourth-order valence-corrected chi connectivity index (χ4v) is 5.41. The summed E-state index contributed by atoms with van der Waals surface area (Å²) in [6.45, 7) is 1.77. The quantitative estimate of drug-likeness (QED) is 0.592. The van der Waals surface area contributed by atoms with Gasteiger partial charge in [-0.3, -0.25) is 4.79 Å². The Bertz CT molecular complexity index is 1110. The van der Waals surface area contributed by atoms with Gasteiger partial charge in [0.1, 0.15) is 5.69 Å². The molecule has 3 aromatic rings. The van der Waals surface area contributed by atoms with Crippen molar-refractivity contribution >= 4 is 22.8 Å². The highest BCUT2D eigenvalue weighted by Crippen LogP contribution is 2.49. The van der Waals surface area contributed by atoms with Crippen molar-refractivity contribution < 1.29 is 18.7 Å². The first-order valence-corrected chi connectivity index (χ1v) is 11.0. The van der Waals surface area contributed by atoms with Gasteiger partial charge in [0.2, 0.25) is 0 Å². The van der Waals surface area contributed by atoms with Gasteiger partial charge in [-0.15, -0.1) is 0 Å². The molecule has 2 aliphatic rings. The molecule has 2 heterocycles. The third-order valence-electron chi connectivity index (χ3n) is 6.87. The monoisotopic (exact) mass is 418 g/mol. The van der Waals surface area contributed by atoms with E-state index >= 15 is 0 Å². The molecule has 0 spiro atoms. The minimum absolute atomic E-state index is 0.105. The summed E-state index contributed by atoms with van der Waals surface area (Å²) in [5.41, 5.74) is 1.58. The number of furan rings is 1. The first kappa shape index (κ1) is 19.8.